The van der Waals surface area contributed by atoms with Gasteiger partial charge in [0.25, 0.3) is 0 Å². The van der Waals surface area contributed by atoms with Crippen molar-refractivity contribution in [3.8, 4) is 0 Å². The number of aliphatic hydroxyl groups is 1. The summed E-state index contributed by atoms with van der Waals surface area (Å²) in [6.45, 7) is 3.30. The SMILES string of the molecule is Cc1ncc(CNC(=O)NCC(C)(O)c2ccc(F)cc2F)s1. The summed E-state index contributed by atoms with van der Waals surface area (Å²) in [7, 11) is 0. The van der Waals surface area contributed by atoms with E-state index in [1.165, 1.54) is 18.3 Å². The lowest BCUT2D eigenvalue weighted by atomic mass is 9.95. The third-order valence-corrected chi connectivity index (χ3v) is 4.11. The summed E-state index contributed by atoms with van der Waals surface area (Å²) in [6, 6.07) is 2.40. The molecule has 1 unspecified atom stereocenters. The molecule has 2 amide bonds. The molecule has 0 aliphatic carbocycles. The van der Waals surface area contributed by atoms with Gasteiger partial charge >= 0.3 is 6.03 Å². The summed E-state index contributed by atoms with van der Waals surface area (Å²) in [5.74, 6) is -1.59. The van der Waals surface area contributed by atoms with Crippen LogP contribution >= 0.6 is 11.3 Å². The van der Waals surface area contributed by atoms with Crippen molar-refractivity contribution in [1.82, 2.24) is 15.6 Å². The molecule has 0 aliphatic rings. The van der Waals surface area contributed by atoms with Crippen LogP contribution in [0.5, 0.6) is 0 Å². The number of hydrogen-bond acceptors (Lipinski definition) is 4. The Hall–Kier alpha value is -2.06. The Morgan fingerprint density at radius 3 is 2.74 bits per heavy atom. The summed E-state index contributed by atoms with van der Waals surface area (Å²) in [4.78, 5) is 16.7. The Kier molecular flexibility index (Phi) is 5.27. The van der Waals surface area contributed by atoms with Crippen molar-refractivity contribution in [3.05, 3.63) is 51.5 Å². The summed E-state index contributed by atoms with van der Waals surface area (Å²) >= 11 is 1.47. The van der Waals surface area contributed by atoms with E-state index in [0.29, 0.717) is 12.6 Å². The Morgan fingerprint density at radius 2 is 2.13 bits per heavy atom. The van der Waals surface area contributed by atoms with Gasteiger partial charge in [0.2, 0.25) is 0 Å². The molecule has 8 heteroatoms. The smallest absolute Gasteiger partial charge is 0.315 e. The number of aryl methyl sites for hydroxylation is 1. The van der Waals surface area contributed by atoms with Gasteiger partial charge in [-0.3, -0.25) is 0 Å². The van der Waals surface area contributed by atoms with Crippen LogP contribution in [0.3, 0.4) is 0 Å². The van der Waals surface area contributed by atoms with E-state index in [1.54, 1.807) is 6.20 Å². The highest BCUT2D eigenvalue weighted by Gasteiger charge is 2.27. The first kappa shape index (κ1) is 17.3. The Labute approximate surface area is 136 Å². The molecule has 1 heterocycles. The molecule has 1 atom stereocenters. The third-order valence-electron chi connectivity index (χ3n) is 3.20. The highest BCUT2D eigenvalue weighted by atomic mass is 32.1. The van der Waals surface area contributed by atoms with Crippen molar-refractivity contribution in [2.24, 2.45) is 0 Å². The van der Waals surface area contributed by atoms with E-state index in [1.807, 2.05) is 6.92 Å². The van der Waals surface area contributed by atoms with E-state index < -0.39 is 23.3 Å². The van der Waals surface area contributed by atoms with Crippen LogP contribution in [0.4, 0.5) is 13.6 Å². The summed E-state index contributed by atoms with van der Waals surface area (Å²) in [6.07, 6.45) is 1.67. The van der Waals surface area contributed by atoms with Crippen LogP contribution < -0.4 is 10.6 Å². The summed E-state index contributed by atoms with van der Waals surface area (Å²) in [5, 5.41) is 16.3. The molecule has 23 heavy (non-hydrogen) atoms. The van der Waals surface area contributed by atoms with Crippen LogP contribution in [-0.4, -0.2) is 22.7 Å². The molecule has 0 saturated carbocycles. The van der Waals surface area contributed by atoms with E-state index in [2.05, 4.69) is 15.6 Å². The van der Waals surface area contributed by atoms with Gasteiger partial charge in [-0.1, -0.05) is 6.07 Å². The van der Waals surface area contributed by atoms with E-state index >= 15 is 0 Å². The maximum absolute atomic E-state index is 13.7. The second-order valence-electron chi connectivity index (χ2n) is 5.28. The zero-order chi connectivity index (χ0) is 17.0. The fourth-order valence-electron chi connectivity index (χ4n) is 1.99. The molecule has 2 rings (SSSR count). The van der Waals surface area contributed by atoms with Crippen LogP contribution in [0.15, 0.2) is 24.4 Å². The molecular weight excluding hydrogens is 324 g/mol. The number of halogens is 2. The fraction of sp³-hybridized carbons (Fsp3) is 0.333. The van der Waals surface area contributed by atoms with Gasteiger partial charge in [-0.05, 0) is 19.9 Å². The summed E-state index contributed by atoms with van der Waals surface area (Å²) in [5.41, 5.74) is -1.74. The molecule has 5 nitrogen and oxygen atoms in total. The Bertz CT molecular complexity index is 704. The maximum Gasteiger partial charge on any atom is 0.315 e. The first-order valence-electron chi connectivity index (χ1n) is 6.89. The van der Waals surface area contributed by atoms with Gasteiger partial charge < -0.3 is 15.7 Å². The number of aromatic nitrogens is 1. The second-order valence-corrected chi connectivity index (χ2v) is 6.60. The highest BCUT2D eigenvalue weighted by molar-refractivity contribution is 7.11. The van der Waals surface area contributed by atoms with E-state index in [4.69, 9.17) is 0 Å². The van der Waals surface area contributed by atoms with E-state index in [9.17, 15) is 18.7 Å². The number of nitrogens with one attached hydrogen (secondary N) is 2. The number of thiazole rings is 1. The standard InChI is InChI=1S/C15H17F2N3O2S/c1-9-18-6-11(23-9)7-19-14(21)20-8-15(2,22)12-4-3-10(16)5-13(12)17/h3-6,22H,7-8H2,1-2H3,(H2,19,20,21). The number of benzene rings is 1. The minimum atomic E-state index is -1.66. The van der Waals surface area contributed by atoms with Crippen molar-refractivity contribution in [2.75, 3.05) is 6.54 Å². The number of rotatable bonds is 5. The molecule has 0 fully saturated rings. The fourth-order valence-corrected chi connectivity index (χ4v) is 2.73. The molecule has 0 bridgehead atoms. The molecule has 1 aromatic carbocycles. The largest absolute Gasteiger partial charge is 0.383 e. The minimum Gasteiger partial charge on any atom is -0.383 e. The number of hydrogen-bond donors (Lipinski definition) is 3. The Balaban J connectivity index is 1.89. The van der Waals surface area contributed by atoms with Crippen LogP contribution in [0.25, 0.3) is 0 Å². The maximum atomic E-state index is 13.7. The van der Waals surface area contributed by atoms with Crippen LogP contribution in [0, 0.1) is 18.6 Å². The lowest BCUT2D eigenvalue weighted by molar-refractivity contribution is 0.0555. The molecule has 0 radical (unpaired) electrons. The predicted octanol–water partition coefficient (Wildman–Crippen LogP) is 2.44. The second kappa shape index (κ2) is 7.01. The first-order chi connectivity index (χ1) is 10.8. The quantitative estimate of drug-likeness (QED) is 0.782. The first-order valence-corrected chi connectivity index (χ1v) is 7.70. The van der Waals surface area contributed by atoms with Gasteiger partial charge in [-0.2, -0.15) is 0 Å². The van der Waals surface area contributed by atoms with Crippen molar-refractivity contribution < 1.29 is 18.7 Å². The lowest BCUT2D eigenvalue weighted by Crippen LogP contribution is -2.43. The molecule has 124 valence electrons. The zero-order valence-electron chi connectivity index (χ0n) is 12.7. The highest BCUT2D eigenvalue weighted by Crippen LogP contribution is 2.23. The third kappa shape index (κ3) is 4.70. The van der Waals surface area contributed by atoms with Gasteiger partial charge in [-0.25, -0.2) is 18.6 Å². The zero-order valence-corrected chi connectivity index (χ0v) is 13.5. The van der Waals surface area contributed by atoms with Gasteiger partial charge in [0.05, 0.1) is 18.1 Å². The minimum absolute atomic E-state index is 0.0859. The predicted molar refractivity (Wildman–Crippen MR) is 83.0 cm³/mol. The van der Waals surface area contributed by atoms with E-state index in [0.717, 1.165) is 22.0 Å². The van der Waals surface area contributed by atoms with Crippen LogP contribution in [0.2, 0.25) is 0 Å². The topological polar surface area (TPSA) is 74.2 Å². The molecule has 3 N–H and O–H groups in total. The average Bonchev–Trinajstić information content (AvgIpc) is 2.88. The molecule has 1 aromatic heterocycles. The van der Waals surface area contributed by atoms with E-state index in [-0.39, 0.29) is 12.1 Å². The number of amides is 2. The van der Waals surface area contributed by atoms with Gasteiger partial charge in [0, 0.05) is 22.7 Å². The molecule has 0 saturated heterocycles. The average molecular weight is 341 g/mol. The van der Waals surface area contributed by atoms with Crippen LogP contribution in [0.1, 0.15) is 22.4 Å². The normalized spacial score (nSPS) is 13.4. The van der Waals surface area contributed by atoms with Crippen molar-refractivity contribution in [2.45, 2.75) is 26.0 Å². The molecule has 0 aliphatic heterocycles. The number of urea groups is 1. The number of carbonyl (C=O) groups excluding carboxylic acids is 1. The molecule has 2 aromatic rings. The van der Waals surface area contributed by atoms with Crippen LogP contribution in [-0.2, 0) is 12.1 Å². The van der Waals surface area contributed by atoms with Gasteiger partial charge in [0.1, 0.15) is 17.2 Å². The van der Waals surface area contributed by atoms with Crippen molar-refractivity contribution in [3.63, 3.8) is 0 Å². The molecular formula is C15H17F2N3O2S. The number of nitrogens with zero attached hydrogens (tertiary/aromatic N) is 1. The van der Waals surface area contributed by atoms with Gasteiger partial charge in [-0.15, -0.1) is 11.3 Å². The van der Waals surface area contributed by atoms with Gasteiger partial charge in [0.15, 0.2) is 0 Å². The van der Waals surface area contributed by atoms with Crippen molar-refractivity contribution >= 4 is 17.4 Å². The lowest BCUT2D eigenvalue weighted by Gasteiger charge is -2.24. The molecule has 0 spiro atoms. The van der Waals surface area contributed by atoms with Crippen molar-refractivity contribution in [1.29, 1.82) is 0 Å². The summed E-state index contributed by atoms with van der Waals surface area (Å²) < 4.78 is 26.6. The monoisotopic (exact) mass is 341 g/mol. The Morgan fingerprint density at radius 1 is 1.39 bits per heavy atom. The number of carbonyl (C=O) groups is 1.